The van der Waals surface area contributed by atoms with Crippen molar-refractivity contribution in [1.29, 1.82) is 0 Å². The molecule has 2 fully saturated rings. The molecule has 2 rings (SSSR count). The van der Waals surface area contributed by atoms with Crippen LogP contribution in [0.2, 0.25) is 0 Å². The Kier molecular flexibility index (Phi) is 8.02. The van der Waals surface area contributed by atoms with Crippen LogP contribution in [0.25, 0.3) is 0 Å². The molecule has 120 valence electrons. The van der Waals surface area contributed by atoms with Gasteiger partial charge in [-0.1, -0.05) is 44.9 Å². The van der Waals surface area contributed by atoms with E-state index in [1.165, 1.54) is 70.6 Å². The van der Waals surface area contributed by atoms with Crippen LogP contribution < -0.4 is 5.73 Å². The average molecular weight is 307 g/mol. The van der Waals surface area contributed by atoms with Crippen molar-refractivity contribution in [1.82, 2.24) is 0 Å². The van der Waals surface area contributed by atoms with Crippen LogP contribution in [-0.2, 0) is 10.4 Å². The van der Waals surface area contributed by atoms with E-state index in [1.54, 1.807) is 0 Å². The molecular weight excluding hydrogens is 278 g/mol. The van der Waals surface area contributed by atoms with Crippen LogP contribution in [0.1, 0.15) is 70.6 Å². The molecule has 0 heterocycles. The molecule has 5 nitrogen and oxygen atoms in total. The third kappa shape index (κ3) is 9.69. The minimum absolute atomic E-state index is 0.524. The molecule has 6 heteroatoms. The highest BCUT2D eigenvalue weighted by Gasteiger charge is 2.19. The van der Waals surface area contributed by atoms with Crippen molar-refractivity contribution in [3.63, 3.8) is 0 Å². The molecule has 2 saturated carbocycles. The Labute approximate surface area is 122 Å². The van der Waals surface area contributed by atoms with Crippen molar-refractivity contribution in [3.05, 3.63) is 0 Å². The third-order valence-corrected chi connectivity index (χ3v) is 4.59. The lowest BCUT2D eigenvalue weighted by Crippen LogP contribution is -2.26. The minimum Gasteiger partial charge on any atom is -0.328 e. The van der Waals surface area contributed by atoms with Crippen LogP contribution in [-0.4, -0.2) is 23.6 Å². The summed E-state index contributed by atoms with van der Waals surface area (Å²) in [5.74, 6) is 2.11. The van der Waals surface area contributed by atoms with Crippen LogP contribution in [0.5, 0.6) is 0 Å². The summed E-state index contributed by atoms with van der Waals surface area (Å²) in [7, 11) is -4.67. The molecule has 2 aliphatic rings. The number of rotatable bonds is 4. The lowest BCUT2D eigenvalue weighted by molar-refractivity contribution is 0.296. The van der Waals surface area contributed by atoms with Gasteiger partial charge in [0.25, 0.3) is 0 Å². The molecule has 0 saturated heterocycles. The van der Waals surface area contributed by atoms with Crippen molar-refractivity contribution >= 4 is 10.4 Å². The molecule has 0 aromatic rings. The Morgan fingerprint density at radius 3 is 1.70 bits per heavy atom. The van der Waals surface area contributed by atoms with E-state index in [0.29, 0.717) is 6.04 Å². The normalized spacial score (nSPS) is 27.9. The maximum Gasteiger partial charge on any atom is 0.394 e. The molecule has 4 N–H and O–H groups in total. The number of hydrogen-bond donors (Lipinski definition) is 3. The highest BCUT2D eigenvalue weighted by atomic mass is 32.3. The second-order valence-electron chi connectivity index (χ2n) is 6.31. The van der Waals surface area contributed by atoms with Crippen molar-refractivity contribution in [3.8, 4) is 0 Å². The summed E-state index contributed by atoms with van der Waals surface area (Å²) >= 11 is 0. The Morgan fingerprint density at radius 2 is 1.25 bits per heavy atom. The van der Waals surface area contributed by atoms with E-state index in [4.69, 9.17) is 23.3 Å². The number of nitrogens with two attached hydrogens (primary N) is 1. The zero-order chi connectivity index (χ0) is 15.0. The lowest BCUT2D eigenvalue weighted by Gasteiger charge is -2.26. The fraction of sp³-hybridized carbons (Fsp3) is 1.00. The Bertz CT molecular complexity index is 336. The zero-order valence-electron chi connectivity index (χ0n) is 12.2. The minimum atomic E-state index is -4.67. The summed E-state index contributed by atoms with van der Waals surface area (Å²) in [6.07, 6.45) is 15.9. The van der Waals surface area contributed by atoms with E-state index in [-0.39, 0.29) is 0 Å². The van der Waals surface area contributed by atoms with Crippen LogP contribution in [0.4, 0.5) is 0 Å². The van der Waals surface area contributed by atoms with Gasteiger partial charge in [0.2, 0.25) is 0 Å². The summed E-state index contributed by atoms with van der Waals surface area (Å²) in [4.78, 5) is 0. The monoisotopic (exact) mass is 307 g/mol. The van der Waals surface area contributed by atoms with Gasteiger partial charge in [-0.2, -0.15) is 8.42 Å². The standard InChI is InChI=1S/C14H27N.H2O4S/c15-14-10-8-13(9-11-14)7-3-6-12-4-1-2-5-12;1-5(2,3)4/h12-14H,1-11,15H2;(H2,1,2,3,4). The molecule has 0 aliphatic heterocycles. The van der Waals surface area contributed by atoms with Crippen molar-refractivity contribution in [2.75, 3.05) is 0 Å². The van der Waals surface area contributed by atoms with E-state index >= 15 is 0 Å². The van der Waals surface area contributed by atoms with Gasteiger partial charge in [-0.15, -0.1) is 0 Å². The predicted octanol–water partition coefficient (Wildman–Crippen LogP) is 3.21. The first-order chi connectivity index (χ1) is 9.34. The molecule has 0 radical (unpaired) electrons. The smallest absolute Gasteiger partial charge is 0.328 e. The van der Waals surface area contributed by atoms with Gasteiger partial charge in [0.1, 0.15) is 0 Å². The second kappa shape index (κ2) is 8.97. The topological polar surface area (TPSA) is 101 Å². The molecular formula is C14H29NO4S. The van der Waals surface area contributed by atoms with Crippen LogP contribution in [0, 0.1) is 11.8 Å². The summed E-state index contributed by atoms with van der Waals surface area (Å²) < 4.78 is 31.6. The van der Waals surface area contributed by atoms with Crippen LogP contribution >= 0.6 is 0 Å². The fourth-order valence-corrected chi connectivity index (χ4v) is 3.47. The third-order valence-electron chi connectivity index (χ3n) is 4.59. The average Bonchev–Trinajstić information content (AvgIpc) is 2.83. The van der Waals surface area contributed by atoms with Crippen LogP contribution in [0.3, 0.4) is 0 Å². The summed E-state index contributed by atoms with van der Waals surface area (Å²) in [6.45, 7) is 0. The molecule has 0 bridgehead atoms. The van der Waals surface area contributed by atoms with Gasteiger partial charge in [-0.05, 0) is 37.5 Å². The lowest BCUT2D eigenvalue weighted by atomic mass is 9.83. The Balaban J connectivity index is 0.000000347. The van der Waals surface area contributed by atoms with Gasteiger partial charge in [0, 0.05) is 6.04 Å². The SMILES string of the molecule is NC1CCC(CCCC2CCCC2)CC1.O=S(=O)(O)O. The molecule has 0 aromatic heterocycles. The quantitative estimate of drug-likeness (QED) is 0.692. The highest BCUT2D eigenvalue weighted by Crippen LogP contribution is 2.32. The van der Waals surface area contributed by atoms with Gasteiger partial charge >= 0.3 is 10.4 Å². The second-order valence-corrected chi connectivity index (χ2v) is 7.21. The highest BCUT2D eigenvalue weighted by molar-refractivity contribution is 7.79. The van der Waals surface area contributed by atoms with Crippen molar-refractivity contribution in [2.24, 2.45) is 17.6 Å². The van der Waals surface area contributed by atoms with E-state index in [1.807, 2.05) is 0 Å². The van der Waals surface area contributed by atoms with E-state index in [0.717, 1.165) is 11.8 Å². The van der Waals surface area contributed by atoms with E-state index < -0.39 is 10.4 Å². The maximum absolute atomic E-state index is 8.74. The Morgan fingerprint density at radius 1 is 0.850 bits per heavy atom. The summed E-state index contributed by atoms with van der Waals surface area (Å²) in [6, 6.07) is 0.524. The van der Waals surface area contributed by atoms with E-state index in [2.05, 4.69) is 0 Å². The van der Waals surface area contributed by atoms with Gasteiger partial charge in [-0.25, -0.2) is 0 Å². The fourth-order valence-electron chi connectivity index (χ4n) is 3.47. The molecule has 0 atom stereocenters. The Hall–Kier alpha value is -0.170. The predicted molar refractivity (Wildman–Crippen MR) is 79.9 cm³/mol. The van der Waals surface area contributed by atoms with Gasteiger partial charge in [0.15, 0.2) is 0 Å². The van der Waals surface area contributed by atoms with Gasteiger partial charge < -0.3 is 5.73 Å². The van der Waals surface area contributed by atoms with Crippen LogP contribution in [0.15, 0.2) is 0 Å². The van der Waals surface area contributed by atoms with Gasteiger partial charge in [-0.3, -0.25) is 9.11 Å². The van der Waals surface area contributed by atoms with Crippen molar-refractivity contribution < 1.29 is 17.5 Å². The summed E-state index contributed by atoms with van der Waals surface area (Å²) in [5.41, 5.74) is 5.93. The largest absolute Gasteiger partial charge is 0.394 e. The van der Waals surface area contributed by atoms with Crippen molar-refractivity contribution in [2.45, 2.75) is 76.7 Å². The van der Waals surface area contributed by atoms with E-state index in [9.17, 15) is 0 Å². The molecule has 0 amide bonds. The molecule has 0 spiro atoms. The molecule has 20 heavy (non-hydrogen) atoms. The molecule has 2 aliphatic carbocycles. The molecule has 0 unspecified atom stereocenters. The first kappa shape index (κ1) is 17.9. The zero-order valence-corrected chi connectivity index (χ0v) is 13.0. The first-order valence-electron chi connectivity index (χ1n) is 7.80. The maximum atomic E-state index is 8.74. The molecule has 0 aromatic carbocycles. The first-order valence-corrected chi connectivity index (χ1v) is 9.19. The van der Waals surface area contributed by atoms with Gasteiger partial charge in [0.05, 0.1) is 0 Å². The number of hydrogen-bond acceptors (Lipinski definition) is 3. The summed E-state index contributed by atoms with van der Waals surface area (Å²) in [5, 5.41) is 0.